The Morgan fingerprint density at radius 1 is 1.44 bits per heavy atom. The van der Waals surface area contributed by atoms with Crippen molar-refractivity contribution in [1.82, 2.24) is 4.72 Å². The van der Waals surface area contributed by atoms with Gasteiger partial charge in [-0.3, -0.25) is 0 Å². The second-order valence-corrected chi connectivity index (χ2v) is 6.85. The minimum Gasteiger partial charge on any atom is -0.211 e. The van der Waals surface area contributed by atoms with Crippen LogP contribution in [-0.4, -0.2) is 15.0 Å². The van der Waals surface area contributed by atoms with Gasteiger partial charge in [0.2, 0.25) is 10.0 Å². The second kappa shape index (κ2) is 5.49. The molecule has 1 N–H and O–H groups in total. The van der Waals surface area contributed by atoms with Crippen molar-refractivity contribution in [1.29, 1.82) is 0 Å². The van der Waals surface area contributed by atoms with Crippen LogP contribution >= 0.6 is 27.5 Å². The summed E-state index contributed by atoms with van der Waals surface area (Å²) < 4.78 is 26.8. The van der Waals surface area contributed by atoms with Gasteiger partial charge < -0.3 is 0 Å². The lowest BCUT2D eigenvalue weighted by Crippen LogP contribution is -2.27. The molecule has 0 atom stereocenters. The van der Waals surface area contributed by atoms with Gasteiger partial charge in [0.25, 0.3) is 0 Å². The predicted octanol–water partition coefficient (Wildman–Crippen LogP) is 3.04. The van der Waals surface area contributed by atoms with Crippen molar-refractivity contribution in [2.75, 3.05) is 6.54 Å². The Balaban J connectivity index is 2.94. The van der Waals surface area contributed by atoms with Crippen LogP contribution in [0.2, 0.25) is 5.02 Å². The maximum absolute atomic E-state index is 11.8. The van der Waals surface area contributed by atoms with Crippen LogP contribution in [0.3, 0.4) is 0 Å². The highest BCUT2D eigenvalue weighted by molar-refractivity contribution is 9.10. The highest BCUT2D eigenvalue weighted by Gasteiger charge is 2.15. The molecule has 0 saturated carbocycles. The van der Waals surface area contributed by atoms with E-state index in [-0.39, 0.29) is 10.8 Å². The van der Waals surface area contributed by atoms with Crippen molar-refractivity contribution in [2.45, 2.75) is 18.7 Å². The summed E-state index contributed by atoms with van der Waals surface area (Å²) in [6.07, 6.45) is 0. The first kappa shape index (κ1) is 14.0. The Bertz CT molecular complexity index is 474. The molecule has 0 heterocycles. The molecule has 0 bridgehead atoms. The second-order valence-electron chi connectivity index (χ2n) is 3.82. The van der Waals surface area contributed by atoms with E-state index in [9.17, 15) is 8.42 Å². The topological polar surface area (TPSA) is 46.2 Å². The summed E-state index contributed by atoms with van der Waals surface area (Å²) in [5.74, 6) is 0.269. The summed E-state index contributed by atoms with van der Waals surface area (Å²) >= 11 is 8.99. The molecule has 90 valence electrons. The molecule has 0 saturated heterocycles. The zero-order chi connectivity index (χ0) is 12.3. The fraction of sp³-hybridized carbons (Fsp3) is 0.400. The summed E-state index contributed by atoms with van der Waals surface area (Å²) in [6, 6.07) is 4.52. The van der Waals surface area contributed by atoms with Crippen LogP contribution < -0.4 is 4.72 Å². The van der Waals surface area contributed by atoms with Crippen LogP contribution in [0.4, 0.5) is 0 Å². The number of rotatable bonds is 4. The fourth-order valence-corrected chi connectivity index (χ4v) is 2.89. The minimum absolute atomic E-state index is 0.212. The third-order valence-electron chi connectivity index (χ3n) is 1.88. The molecule has 1 rings (SSSR count). The summed E-state index contributed by atoms with van der Waals surface area (Å²) in [7, 11) is -3.43. The Labute approximate surface area is 109 Å². The monoisotopic (exact) mass is 325 g/mol. The SMILES string of the molecule is CC(C)CNS(=O)(=O)c1ccc(Cl)c(Br)c1. The van der Waals surface area contributed by atoms with Gasteiger partial charge >= 0.3 is 0 Å². The van der Waals surface area contributed by atoms with E-state index in [1.54, 1.807) is 6.07 Å². The molecular weight excluding hydrogens is 314 g/mol. The Kier molecular flexibility index (Phi) is 4.79. The van der Waals surface area contributed by atoms with E-state index in [1.165, 1.54) is 12.1 Å². The van der Waals surface area contributed by atoms with E-state index >= 15 is 0 Å². The molecule has 6 heteroatoms. The van der Waals surface area contributed by atoms with Crippen molar-refractivity contribution < 1.29 is 8.42 Å². The van der Waals surface area contributed by atoms with Crippen molar-refractivity contribution in [2.24, 2.45) is 5.92 Å². The molecule has 0 aromatic heterocycles. The first-order chi connectivity index (χ1) is 7.33. The van der Waals surface area contributed by atoms with Crippen LogP contribution in [0.1, 0.15) is 13.8 Å². The average molecular weight is 327 g/mol. The Morgan fingerprint density at radius 2 is 2.06 bits per heavy atom. The summed E-state index contributed by atoms with van der Waals surface area (Å²) in [4.78, 5) is 0.212. The highest BCUT2D eigenvalue weighted by Crippen LogP contribution is 2.25. The lowest BCUT2D eigenvalue weighted by molar-refractivity contribution is 0.560. The molecular formula is C10H13BrClNO2S. The first-order valence-corrected chi connectivity index (χ1v) is 7.43. The van der Waals surface area contributed by atoms with Crippen molar-refractivity contribution >= 4 is 37.6 Å². The van der Waals surface area contributed by atoms with Gasteiger partial charge in [-0.05, 0) is 40.0 Å². The fourth-order valence-electron chi connectivity index (χ4n) is 1.00. The third-order valence-corrected chi connectivity index (χ3v) is 4.52. The molecule has 1 aromatic rings. The van der Waals surface area contributed by atoms with E-state index in [1.807, 2.05) is 13.8 Å². The molecule has 0 unspecified atom stereocenters. The molecule has 0 amide bonds. The van der Waals surface area contributed by atoms with Crippen molar-refractivity contribution in [3.8, 4) is 0 Å². The Morgan fingerprint density at radius 3 is 2.56 bits per heavy atom. The zero-order valence-electron chi connectivity index (χ0n) is 9.00. The van der Waals surface area contributed by atoms with E-state index in [0.717, 1.165) is 0 Å². The lowest BCUT2D eigenvalue weighted by Gasteiger charge is -2.09. The molecule has 0 radical (unpaired) electrons. The van der Waals surface area contributed by atoms with E-state index < -0.39 is 10.0 Å². The van der Waals surface area contributed by atoms with E-state index in [2.05, 4.69) is 20.7 Å². The largest absolute Gasteiger partial charge is 0.240 e. The van der Waals surface area contributed by atoms with Gasteiger partial charge in [0, 0.05) is 11.0 Å². The first-order valence-electron chi connectivity index (χ1n) is 4.77. The van der Waals surface area contributed by atoms with Gasteiger partial charge in [-0.2, -0.15) is 0 Å². The number of halogens is 2. The van der Waals surface area contributed by atoms with Crippen LogP contribution in [0.5, 0.6) is 0 Å². The van der Waals surface area contributed by atoms with Crippen LogP contribution in [-0.2, 0) is 10.0 Å². The Hall–Kier alpha value is -0.100. The predicted molar refractivity (Wildman–Crippen MR) is 69.2 cm³/mol. The number of hydrogen-bond acceptors (Lipinski definition) is 2. The van der Waals surface area contributed by atoms with Gasteiger partial charge in [-0.25, -0.2) is 13.1 Å². The molecule has 0 aliphatic carbocycles. The van der Waals surface area contributed by atoms with Gasteiger partial charge in [0.05, 0.1) is 9.92 Å². The van der Waals surface area contributed by atoms with Gasteiger partial charge in [-0.1, -0.05) is 25.4 Å². The zero-order valence-corrected chi connectivity index (χ0v) is 12.2. The van der Waals surface area contributed by atoms with Crippen LogP contribution in [0.15, 0.2) is 27.6 Å². The normalized spacial score (nSPS) is 12.1. The maximum Gasteiger partial charge on any atom is 0.240 e. The maximum atomic E-state index is 11.8. The van der Waals surface area contributed by atoms with Gasteiger partial charge in [0.1, 0.15) is 0 Å². The smallest absolute Gasteiger partial charge is 0.211 e. The summed E-state index contributed by atoms with van der Waals surface area (Å²) in [5, 5.41) is 0.489. The average Bonchev–Trinajstić information content (AvgIpc) is 2.19. The molecule has 0 aliphatic rings. The quantitative estimate of drug-likeness (QED) is 0.924. The van der Waals surface area contributed by atoms with Crippen molar-refractivity contribution in [3.63, 3.8) is 0 Å². The molecule has 0 spiro atoms. The number of nitrogens with one attached hydrogen (secondary N) is 1. The molecule has 1 aromatic carbocycles. The van der Waals surface area contributed by atoms with E-state index in [4.69, 9.17) is 11.6 Å². The molecule has 0 aliphatic heterocycles. The molecule has 3 nitrogen and oxygen atoms in total. The molecule has 16 heavy (non-hydrogen) atoms. The van der Waals surface area contributed by atoms with E-state index in [0.29, 0.717) is 16.0 Å². The number of hydrogen-bond donors (Lipinski definition) is 1. The van der Waals surface area contributed by atoms with Crippen LogP contribution in [0.25, 0.3) is 0 Å². The summed E-state index contributed by atoms with van der Waals surface area (Å²) in [5.41, 5.74) is 0. The summed E-state index contributed by atoms with van der Waals surface area (Å²) in [6.45, 7) is 4.31. The minimum atomic E-state index is -3.43. The van der Waals surface area contributed by atoms with Gasteiger partial charge in [0.15, 0.2) is 0 Å². The van der Waals surface area contributed by atoms with Crippen molar-refractivity contribution in [3.05, 3.63) is 27.7 Å². The van der Waals surface area contributed by atoms with Gasteiger partial charge in [-0.15, -0.1) is 0 Å². The standard InChI is InChI=1S/C10H13BrClNO2S/c1-7(2)6-13-16(14,15)8-3-4-10(12)9(11)5-8/h3-5,7,13H,6H2,1-2H3. The highest BCUT2D eigenvalue weighted by atomic mass is 79.9. The number of sulfonamides is 1. The van der Waals surface area contributed by atoms with Crippen LogP contribution in [0, 0.1) is 5.92 Å². The third kappa shape index (κ3) is 3.73. The lowest BCUT2D eigenvalue weighted by atomic mass is 10.2. The number of benzene rings is 1. The molecule has 0 fully saturated rings.